The van der Waals surface area contributed by atoms with Crippen molar-refractivity contribution in [2.45, 2.75) is 11.4 Å². The molecule has 0 spiro atoms. The van der Waals surface area contributed by atoms with Gasteiger partial charge in [-0.2, -0.15) is 0 Å². The van der Waals surface area contributed by atoms with Crippen molar-refractivity contribution < 1.29 is 17.9 Å². The van der Waals surface area contributed by atoms with Crippen LogP contribution >= 0.6 is 0 Å². The Labute approximate surface area is 152 Å². The van der Waals surface area contributed by atoms with E-state index in [-0.39, 0.29) is 23.2 Å². The summed E-state index contributed by atoms with van der Waals surface area (Å²) in [7, 11) is -0.319. The SMILES string of the molecule is COc1ccc(CN(C)C(=O)CN=C2NS(=O)(=O)c3ccccc32)cc1. The average Bonchev–Trinajstić information content (AvgIpc) is 2.91. The number of hydrogen-bond acceptors (Lipinski definition) is 5. The van der Waals surface area contributed by atoms with E-state index in [0.717, 1.165) is 11.3 Å². The fraction of sp³-hybridized carbons (Fsp3) is 0.222. The van der Waals surface area contributed by atoms with Gasteiger partial charge in [0.15, 0.2) is 0 Å². The first kappa shape index (κ1) is 17.9. The Morgan fingerprint density at radius 3 is 2.54 bits per heavy atom. The Balaban J connectivity index is 1.67. The lowest BCUT2D eigenvalue weighted by Crippen LogP contribution is -2.30. The largest absolute Gasteiger partial charge is 0.497 e. The van der Waals surface area contributed by atoms with E-state index in [2.05, 4.69) is 9.71 Å². The molecule has 1 heterocycles. The number of fused-ring (bicyclic) bond motifs is 1. The van der Waals surface area contributed by atoms with Gasteiger partial charge in [-0.15, -0.1) is 0 Å². The highest BCUT2D eigenvalue weighted by atomic mass is 32.2. The Kier molecular flexibility index (Phi) is 4.94. The first-order valence-corrected chi connectivity index (χ1v) is 9.42. The van der Waals surface area contributed by atoms with Crippen molar-refractivity contribution in [1.82, 2.24) is 9.62 Å². The first-order valence-electron chi connectivity index (χ1n) is 7.94. The average molecular weight is 373 g/mol. The molecule has 0 radical (unpaired) electrons. The second kappa shape index (κ2) is 7.17. The summed E-state index contributed by atoms with van der Waals surface area (Å²) in [5, 5.41) is 0. The standard InChI is InChI=1S/C18H19N3O4S/c1-21(12-13-7-9-14(25-2)10-8-13)17(22)11-19-18-15-5-3-4-6-16(15)26(23,24)20-18/h3-10H,11-12H2,1-2H3,(H,19,20). The molecule has 136 valence electrons. The monoisotopic (exact) mass is 373 g/mol. The van der Waals surface area contributed by atoms with Gasteiger partial charge in [0, 0.05) is 19.2 Å². The molecule has 0 unspecified atom stereocenters. The molecule has 3 rings (SSSR count). The summed E-state index contributed by atoms with van der Waals surface area (Å²) in [5.41, 5.74) is 1.44. The second-order valence-corrected chi connectivity index (χ2v) is 7.52. The number of rotatable bonds is 5. The molecule has 0 fully saturated rings. The van der Waals surface area contributed by atoms with Gasteiger partial charge in [0.2, 0.25) is 5.91 Å². The van der Waals surface area contributed by atoms with Crippen LogP contribution in [-0.4, -0.2) is 45.8 Å². The molecular formula is C18H19N3O4S. The van der Waals surface area contributed by atoms with E-state index in [1.54, 1.807) is 37.3 Å². The molecule has 0 aromatic heterocycles. The van der Waals surface area contributed by atoms with Crippen LogP contribution in [0.5, 0.6) is 5.75 Å². The minimum atomic E-state index is -3.60. The lowest BCUT2D eigenvalue weighted by molar-refractivity contribution is -0.128. The van der Waals surface area contributed by atoms with Crippen LogP contribution in [0, 0.1) is 0 Å². The lowest BCUT2D eigenvalue weighted by Gasteiger charge is -2.16. The zero-order valence-electron chi connectivity index (χ0n) is 14.5. The maximum Gasteiger partial charge on any atom is 0.263 e. The summed E-state index contributed by atoms with van der Waals surface area (Å²) in [6, 6.07) is 14.0. The number of nitrogens with zero attached hydrogens (tertiary/aromatic N) is 2. The van der Waals surface area contributed by atoms with Crippen LogP contribution < -0.4 is 9.46 Å². The molecule has 0 saturated carbocycles. The number of likely N-dealkylation sites (N-methyl/N-ethyl adjacent to an activating group) is 1. The number of carbonyl (C=O) groups is 1. The van der Waals surface area contributed by atoms with Crippen LogP contribution in [0.2, 0.25) is 0 Å². The minimum absolute atomic E-state index is 0.140. The summed E-state index contributed by atoms with van der Waals surface area (Å²) in [5.74, 6) is 0.741. The molecule has 2 aromatic carbocycles. The van der Waals surface area contributed by atoms with Crippen molar-refractivity contribution in [3.05, 3.63) is 59.7 Å². The first-order chi connectivity index (χ1) is 12.4. The van der Waals surface area contributed by atoms with Crippen molar-refractivity contribution >= 4 is 21.8 Å². The predicted molar refractivity (Wildman–Crippen MR) is 97.6 cm³/mol. The van der Waals surface area contributed by atoms with Gasteiger partial charge < -0.3 is 9.64 Å². The molecule has 1 amide bonds. The fourth-order valence-corrected chi connectivity index (χ4v) is 3.86. The number of sulfonamides is 1. The van der Waals surface area contributed by atoms with Gasteiger partial charge in [0.1, 0.15) is 18.1 Å². The summed E-state index contributed by atoms with van der Waals surface area (Å²) in [4.78, 5) is 18.2. The molecular weight excluding hydrogens is 354 g/mol. The third-order valence-corrected chi connectivity index (χ3v) is 5.44. The zero-order valence-corrected chi connectivity index (χ0v) is 15.3. The van der Waals surface area contributed by atoms with Crippen molar-refractivity contribution in [2.24, 2.45) is 4.99 Å². The minimum Gasteiger partial charge on any atom is -0.497 e. The van der Waals surface area contributed by atoms with E-state index in [0.29, 0.717) is 12.1 Å². The van der Waals surface area contributed by atoms with Crippen LogP contribution in [-0.2, 0) is 21.4 Å². The normalized spacial score (nSPS) is 16.0. The van der Waals surface area contributed by atoms with Gasteiger partial charge in [-0.1, -0.05) is 24.3 Å². The number of hydrogen-bond donors (Lipinski definition) is 1. The van der Waals surface area contributed by atoms with Crippen molar-refractivity contribution in [3.63, 3.8) is 0 Å². The third-order valence-electron chi connectivity index (χ3n) is 4.04. The number of methoxy groups -OCH3 is 1. The van der Waals surface area contributed by atoms with Crippen molar-refractivity contribution in [1.29, 1.82) is 0 Å². The summed E-state index contributed by atoms with van der Waals surface area (Å²) < 4.78 is 31.6. The van der Waals surface area contributed by atoms with Gasteiger partial charge in [0.05, 0.1) is 12.0 Å². The molecule has 26 heavy (non-hydrogen) atoms. The molecule has 0 aliphatic carbocycles. The van der Waals surface area contributed by atoms with E-state index in [9.17, 15) is 13.2 Å². The molecule has 1 N–H and O–H groups in total. The molecule has 0 bridgehead atoms. The van der Waals surface area contributed by atoms with Crippen LogP contribution in [0.25, 0.3) is 0 Å². The molecule has 1 aliphatic heterocycles. The van der Waals surface area contributed by atoms with E-state index in [4.69, 9.17) is 4.74 Å². The van der Waals surface area contributed by atoms with E-state index in [1.807, 2.05) is 24.3 Å². The fourth-order valence-electron chi connectivity index (χ4n) is 2.61. The Morgan fingerprint density at radius 1 is 1.15 bits per heavy atom. The number of nitrogens with one attached hydrogen (secondary N) is 1. The molecule has 0 saturated heterocycles. The van der Waals surface area contributed by atoms with Crippen LogP contribution in [0.1, 0.15) is 11.1 Å². The van der Waals surface area contributed by atoms with Crippen LogP contribution in [0.3, 0.4) is 0 Å². The Morgan fingerprint density at radius 2 is 1.85 bits per heavy atom. The molecule has 8 heteroatoms. The highest BCUT2D eigenvalue weighted by molar-refractivity contribution is 7.90. The number of benzene rings is 2. The highest BCUT2D eigenvalue weighted by Crippen LogP contribution is 2.22. The summed E-state index contributed by atoms with van der Waals surface area (Å²) >= 11 is 0. The molecule has 1 aliphatic rings. The maximum absolute atomic E-state index is 12.3. The Hall–Kier alpha value is -2.87. The predicted octanol–water partition coefficient (Wildman–Crippen LogP) is 1.39. The number of carbonyl (C=O) groups excluding carboxylic acids is 1. The van der Waals surface area contributed by atoms with Crippen LogP contribution in [0.15, 0.2) is 58.4 Å². The molecule has 7 nitrogen and oxygen atoms in total. The van der Waals surface area contributed by atoms with Gasteiger partial charge in [-0.25, -0.2) is 8.42 Å². The van der Waals surface area contributed by atoms with Gasteiger partial charge in [-0.3, -0.25) is 14.5 Å². The van der Waals surface area contributed by atoms with E-state index >= 15 is 0 Å². The van der Waals surface area contributed by atoms with Crippen molar-refractivity contribution in [2.75, 3.05) is 20.7 Å². The second-order valence-electron chi connectivity index (χ2n) is 5.86. The van der Waals surface area contributed by atoms with Gasteiger partial charge in [0.25, 0.3) is 10.0 Å². The molecule has 2 aromatic rings. The van der Waals surface area contributed by atoms with Crippen molar-refractivity contribution in [3.8, 4) is 5.75 Å². The Bertz CT molecular complexity index is 953. The van der Waals surface area contributed by atoms with Gasteiger partial charge in [-0.05, 0) is 29.8 Å². The number of amides is 1. The third kappa shape index (κ3) is 3.70. The van der Waals surface area contributed by atoms with E-state index in [1.165, 1.54) is 6.07 Å². The molecule has 0 atom stereocenters. The number of amidine groups is 1. The smallest absolute Gasteiger partial charge is 0.263 e. The lowest BCUT2D eigenvalue weighted by atomic mass is 10.2. The summed E-state index contributed by atoms with van der Waals surface area (Å²) in [6.45, 7) is 0.287. The highest BCUT2D eigenvalue weighted by Gasteiger charge is 2.30. The maximum atomic E-state index is 12.3. The van der Waals surface area contributed by atoms with E-state index < -0.39 is 10.0 Å². The number of aliphatic imine (C=N–C) groups is 1. The number of ether oxygens (including phenoxy) is 1. The zero-order chi connectivity index (χ0) is 18.7. The van der Waals surface area contributed by atoms with Gasteiger partial charge >= 0.3 is 0 Å². The van der Waals surface area contributed by atoms with Crippen LogP contribution in [0.4, 0.5) is 0 Å². The summed E-state index contributed by atoms with van der Waals surface area (Å²) in [6.07, 6.45) is 0. The quantitative estimate of drug-likeness (QED) is 0.858. The topological polar surface area (TPSA) is 88.1 Å².